The molecule has 5 aromatic rings. The Balaban J connectivity index is 0.000000279. The van der Waals surface area contributed by atoms with Gasteiger partial charge in [0.1, 0.15) is 18.2 Å². The Hall–Kier alpha value is -3.57. The Morgan fingerprint density at radius 2 is 1.44 bits per heavy atom. The summed E-state index contributed by atoms with van der Waals surface area (Å²) in [6.07, 6.45) is -4.04. The maximum absolute atomic E-state index is 14.0. The number of methoxy groups -OCH3 is 2. The van der Waals surface area contributed by atoms with Gasteiger partial charge in [-0.15, -0.1) is 0 Å². The molecule has 1 N–H and O–H groups in total. The van der Waals surface area contributed by atoms with Crippen LogP contribution in [-0.2, 0) is 19.4 Å². The van der Waals surface area contributed by atoms with E-state index < -0.39 is 51.1 Å². The normalized spacial score (nSPS) is 14.9. The Morgan fingerprint density at radius 3 is 2.00 bits per heavy atom. The molecular weight excluding hydrogens is 735 g/mol. The van der Waals surface area contributed by atoms with Crippen molar-refractivity contribution in [2.75, 3.05) is 20.8 Å². The number of halogens is 1. The summed E-state index contributed by atoms with van der Waals surface area (Å²) < 4.78 is 31.7. The summed E-state index contributed by atoms with van der Waals surface area (Å²) in [7, 11) is 61.7. The molecule has 0 aliphatic carbocycles. The van der Waals surface area contributed by atoms with Crippen LogP contribution in [0.15, 0.2) is 78.9 Å². The first kappa shape index (κ1) is 46.9. The van der Waals surface area contributed by atoms with Gasteiger partial charge in [0.25, 0.3) is 0 Å². The average Bonchev–Trinajstić information content (AvgIpc) is 3.61. The van der Waals surface area contributed by atoms with Crippen LogP contribution in [0.4, 0.5) is 10.1 Å². The molecule has 21 radical (unpaired) electrons. The predicted octanol–water partition coefficient (Wildman–Crippen LogP) is 0.464. The molecule has 3 heterocycles. The van der Waals surface area contributed by atoms with E-state index in [1.165, 1.54) is 23.8 Å². The predicted molar refractivity (Wildman–Crippen MR) is 269 cm³/mol. The average molecular weight is 765 g/mol. The van der Waals surface area contributed by atoms with Crippen LogP contribution < -0.4 is 14.2 Å². The number of hydrogen-bond donors (Lipinski definition) is 1. The highest BCUT2D eigenvalue weighted by molar-refractivity contribution is 8.18. The van der Waals surface area contributed by atoms with Crippen molar-refractivity contribution in [3.8, 4) is 17.2 Å². The molecule has 2 aliphatic heterocycles. The summed E-state index contributed by atoms with van der Waals surface area (Å²) in [6.45, 7) is 8.42. The van der Waals surface area contributed by atoms with Crippen molar-refractivity contribution in [3.63, 3.8) is 0 Å². The fourth-order valence-electron chi connectivity index (χ4n) is 8.99. The number of fused-ring (bicyclic) bond motifs is 6. The molecule has 0 saturated heterocycles. The van der Waals surface area contributed by atoms with Crippen molar-refractivity contribution in [1.29, 1.82) is 0 Å². The third kappa shape index (κ3) is 10.3. The molecule has 0 amide bonds. The van der Waals surface area contributed by atoms with Crippen molar-refractivity contribution in [1.82, 2.24) is 9.88 Å². The van der Waals surface area contributed by atoms with Crippen LogP contribution in [0.25, 0.3) is 15.7 Å². The minimum Gasteiger partial charge on any atom is -0.497 e. The standard InChI is InChI=1S/C35H30FN3O3.B19/c1-37-25-10-4-21(5-11-25)20-42-33-19-27-23(16-32(33)41-3)14-15-39-31(27)18-29-28-17-26(40-2)12-13-30(28)38-34(29)35(39)22-6-8-24(36)9-7-22;1-11-16(10)19(17(12(2)3)13(4)5)18(14(6)7)15(8)9/h4-13,16-17,19,31,35,38H,14-15,18,20H2,2-3H3;. The summed E-state index contributed by atoms with van der Waals surface area (Å²) in [5.41, 5.74) is 8.58. The van der Waals surface area contributed by atoms with Gasteiger partial charge >= 0.3 is 0 Å². The van der Waals surface area contributed by atoms with E-state index >= 15 is 0 Å². The fourth-order valence-corrected chi connectivity index (χ4v) is 8.99. The zero-order valence-electron chi connectivity index (χ0n) is 34.5. The monoisotopic (exact) mass is 768 g/mol. The van der Waals surface area contributed by atoms with E-state index in [0.717, 1.165) is 52.9 Å². The molecule has 7 rings (SSSR count). The molecule has 0 saturated carbocycles. The van der Waals surface area contributed by atoms with E-state index in [1.807, 2.05) is 30.3 Å². The van der Waals surface area contributed by atoms with Crippen molar-refractivity contribution in [3.05, 3.63) is 130 Å². The van der Waals surface area contributed by atoms with Gasteiger partial charge in [0.05, 0.1) is 26.8 Å². The van der Waals surface area contributed by atoms with Crippen LogP contribution in [0.1, 0.15) is 45.6 Å². The molecule has 0 spiro atoms. The van der Waals surface area contributed by atoms with E-state index in [-0.39, 0.29) is 17.9 Å². The van der Waals surface area contributed by atoms with E-state index in [1.54, 1.807) is 38.5 Å². The van der Waals surface area contributed by atoms with Gasteiger partial charge in [-0.2, -0.15) is 0 Å². The first-order valence-corrected chi connectivity index (χ1v) is 20.1. The van der Waals surface area contributed by atoms with Gasteiger partial charge < -0.3 is 19.2 Å². The van der Waals surface area contributed by atoms with Gasteiger partial charge in [0.2, 0.25) is 0 Å². The maximum atomic E-state index is 14.0. The Kier molecular flexibility index (Phi) is 16.0. The second-order valence-corrected chi connectivity index (χ2v) is 15.7. The second-order valence-electron chi connectivity index (χ2n) is 15.7. The summed E-state index contributed by atoms with van der Waals surface area (Å²) >= 11 is 0. The molecule has 2 aliphatic rings. The fraction of sp³-hybridized carbons (Fsp3) is 0.229. The first-order valence-electron chi connectivity index (χ1n) is 20.1. The number of rotatable bonds is 14. The number of aromatic nitrogens is 1. The smallest absolute Gasteiger partial charge is 0.187 e. The molecule has 61 heavy (non-hydrogen) atoms. The summed E-state index contributed by atoms with van der Waals surface area (Å²) in [4.78, 5) is 9.71. The van der Waals surface area contributed by atoms with Crippen LogP contribution in [0.2, 0.25) is 0 Å². The zero-order chi connectivity index (χ0) is 44.1. The molecule has 0 fully saturated rings. The molecule has 1 aromatic heterocycles. The quantitative estimate of drug-likeness (QED) is 0.132. The summed E-state index contributed by atoms with van der Waals surface area (Å²) in [5, 5.41) is 1.15. The van der Waals surface area contributed by atoms with E-state index in [2.05, 4.69) is 39.0 Å². The van der Waals surface area contributed by atoms with Crippen LogP contribution in [-0.4, -0.2) is 166 Å². The third-order valence-electron chi connectivity index (χ3n) is 12.0. The lowest BCUT2D eigenvalue weighted by Crippen LogP contribution is -2.79. The topological polar surface area (TPSA) is 51.1 Å². The van der Waals surface area contributed by atoms with Crippen LogP contribution in [0.3, 0.4) is 0 Å². The molecule has 2 unspecified atom stereocenters. The molecule has 6 nitrogen and oxygen atoms in total. The summed E-state index contributed by atoms with van der Waals surface area (Å²) in [5.74, 6) is 1.98. The third-order valence-corrected chi connectivity index (χ3v) is 12.0. The SMILES string of the molecule is [B][B]B([B])B(B(B([B])[B])B([B])[B])B(B([B])[B])B([B])[B].[C-]#[N+]c1ccc(COc2cc3c(cc2OC)CCN2C3Cc3c([nH]c4ccc(OC)cc34)C2c2ccc(F)cc2)cc1. The van der Waals surface area contributed by atoms with E-state index in [4.69, 9.17) is 98.2 Å². The van der Waals surface area contributed by atoms with Crippen LogP contribution in [0, 0.1) is 12.4 Å². The number of nitrogens with zero attached hydrogens (tertiary/aromatic N) is 2. The minimum absolute atomic E-state index is 0.0571. The molecule has 267 valence electrons. The van der Waals surface area contributed by atoms with E-state index in [9.17, 15) is 4.39 Å². The van der Waals surface area contributed by atoms with Gasteiger partial charge in [-0.05, 0) is 83.1 Å². The molecule has 26 heteroatoms. The number of nitrogens with one attached hydrogen (secondary N) is 1. The Labute approximate surface area is 377 Å². The lowest BCUT2D eigenvalue weighted by molar-refractivity contribution is 0.127. The molecule has 4 aromatic carbocycles. The number of aromatic amines is 1. The highest BCUT2D eigenvalue weighted by Gasteiger charge is 2.43. The van der Waals surface area contributed by atoms with Gasteiger partial charge in [0, 0.05) is 165 Å². The van der Waals surface area contributed by atoms with Gasteiger partial charge in [-0.25, -0.2) is 9.24 Å². The minimum atomic E-state index is -0.837. The zero-order valence-corrected chi connectivity index (χ0v) is 34.5. The highest BCUT2D eigenvalue weighted by atomic mass is 19.1. The Bertz CT molecular complexity index is 2270. The number of hydrogen-bond acceptors (Lipinski definition) is 4. The van der Waals surface area contributed by atoms with Crippen molar-refractivity contribution in [2.24, 2.45) is 0 Å². The summed E-state index contributed by atoms with van der Waals surface area (Å²) in [6, 6.07) is 24.8. The lowest BCUT2D eigenvalue weighted by Gasteiger charge is -2.46. The van der Waals surface area contributed by atoms with Crippen molar-refractivity contribution >= 4 is 152 Å². The van der Waals surface area contributed by atoms with Gasteiger partial charge in [-0.1, -0.05) is 36.4 Å². The van der Waals surface area contributed by atoms with Gasteiger partial charge in [0.15, 0.2) is 17.2 Å². The maximum Gasteiger partial charge on any atom is 0.187 e. The largest absolute Gasteiger partial charge is 0.497 e. The number of benzene rings is 4. The van der Waals surface area contributed by atoms with E-state index in [0.29, 0.717) is 23.8 Å². The van der Waals surface area contributed by atoms with Crippen LogP contribution in [0.5, 0.6) is 17.2 Å². The highest BCUT2D eigenvalue weighted by Crippen LogP contribution is 2.50. The first-order chi connectivity index (χ1) is 29.2. The molecule has 2 atom stereocenters. The lowest BCUT2D eigenvalue weighted by atomic mass is 8.40. The van der Waals surface area contributed by atoms with Crippen molar-refractivity contribution < 1.29 is 18.6 Å². The Morgan fingerprint density at radius 1 is 0.803 bits per heavy atom. The molecule has 0 bridgehead atoms. The van der Waals surface area contributed by atoms with Crippen LogP contribution >= 0.6 is 0 Å². The second kappa shape index (κ2) is 20.7. The number of H-pyrrole nitrogens is 1. The van der Waals surface area contributed by atoms with Gasteiger partial charge in [-0.3, -0.25) is 4.90 Å². The number of ether oxygens (including phenoxy) is 3. The van der Waals surface area contributed by atoms with Crippen molar-refractivity contribution in [2.45, 2.75) is 31.5 Å². The molecular formula is C35H30B19FN3O3.